The van der Waals surface area contributed by atoms with E-state index in [1.807, 2.05) is 23.1 Å². The van der Waals surface area contributed by atoms with E-state index < -0.39 is 0 Å². The van der Waals surface area contributed by atoms with Gasteiger partial charge in [0.1, 0.15) is 5.75 Å². The fraction of sp³-hybridized carbons (Fsp3) is 0.632. The standard InChI is InChI=1S/C19H28N2O2.ClH/c1-3-13(2)15-6-4-5-7-18(15)23-12-19(22)21-10-14-8-9-17(20)16(14)11-21;/h4-7,13-14,16-17H,3,8-12,20H2,1-2H3;1H. The van der Waals surface area contributed by atoms with Crippen molar-refractivity contribution < 1.29 is 9.53 Å². The number of rotatable bonds is 5. The minimum atomic E-state index is 0. The van der Waals surface area contributed by atoms with Gasteiger partial charge in [0.05, 0.1) is 0 Å². The molecule has 1 aromatic carbocycles. The molecule has 4 nitrogen and oxygen atoms in total. The number of benzene rings is 1. The molecule has 5 heteroatoms. The topological polar surface area (TPSA) is 55.6 Å². The van der Waals surface area contributed by atoms with Gasteiger partial charge in [-0.25, -0.2) is 0 Å². The van der Waals surface area contributed by atoms with Gasteiger partial charge in [-0.2, -0.15) is 0 Å². The fourth-order valence-electron chi connectivity index (χ4n) is 3.98. The summed E-state index contributed by atoms with van der Waals surface area (Å²) in [5.41, 5.74) is 7.33. The van der Waals surface area contributed by atoms with Gasteiger partial charge in [0.15, 0.2) is 6.61 Å². The van der Waals surface area contributed by atoms with Gasteiger partial charge in [0, 0.05) is 19.1 Å². The maximum absolute atomic E-state index is 12.5. The summed E-state index contributed by atoms with van der Waals surface area (Å²) in [6, 6.07) is 8.31. The average molecular weight is 353 g/mol. The third kappa shape index (κ3) is 3.86. The van der Waals surface area contributed by atoms with Crippen LogP contribution in [0.4, 0.5) is 0 Å². The van der Waals surface area contributed by atoms with Crippen molar-refractivity contribution in [3.05, 3.63) is 29.8 Å². The predicted molar refractivity (Wildman–Crippen MR) is 98.7 cm³/mol. The quantitative estimate of drug-likeness (QED) is 0.885. The van der Waals surface area contributed by atoms with Crippen LogP contribution in [0.15, 0.2) is 24.3 Å². The second-order valence-electron chi connectivity index (χ2n) is 7.10. The first-order chi connectivity index (χ1) is 11.1. The Hall–Kier alpha value is -1.26. The number of likely N-dealkylation sites (tertiary alicyclic amines) is 1. The number of para-hydroxylation sites is 1. The summed E-state index contributed by atoms with van der Waals surface area (Å²) in [5, 5.41) is 0. The molecule has 2 fully saturated rings. The van der Waals surface area contributed by atoms with Crippen molar-refractivity contribution in [1.82, 2.24) is 4.90 Å². The van der Waals surface area contributed by atoms with Gasteiger partial charge in [0.2, 0.25) is 0 Å². The minimum absolute atomic E-state index is 0. The van der Waals surface area contributed by atoms with Crippen molar-refractivity contribution in [2.75, 3.05) is 19.7 Å². The van der Waals surface area contributed by atoms with Crippen LogP contribution in [-0.2, 0) is 4.79 Å². The Bertz CT molecular complexity index is 566. The summed E-state index contributed by atoms with van der Waals surface area (Å²) in [6.45, 7) is 6.14. The van der Waals surface area contributed by atoms with Crippen LogP contribution in [0.5, 0.6) is 5.75 Å². The number of fused-ring (bicyclic) bond motifs is 1. The average Bonchev–Trinajstić information content (AvgIpc) is 3.14. The molecule has 0 aromatic heterocycles. The first-order valence-corrected chi connectivity index (χ1v) is 8.85. The summed E-state index contributed by atoms with van der Waals surface area (Å²) in [7, 11) is 0. The van der Waals surface area contributed by atoms with E-state index >= 15 is 0 Å². The van der Waals surface area contributed by atoms with E-state index in [-0.39, 0.29) is 31.0 Å². The highest BCUT2D eigenvalue weighted by Gasteiger charge is 2.42. The molecule has 134 valence electrons. The number of hydrogen-bond acceptors (Lipinski definition) is 3. The van der Waals surface area contributed by atoms with Crippen LogP contribution in [0.1, 0.15) is 44.6 Å². The zero-order valence-electron chi connectivity index (χ0n) is 14.6. The molecule has 1 heterocycles. The zero-order valence-corrected chi connectivity index (χ0v) is 15.4. The number of nitrogens with two attached hydrogens (primary N) is 1. The molecule has 1 aromatic rings. The Kier molecular flexibility index (Phi) is 6.53. The number of carbonyl (C=O) groups is 1. The molecule has 2 N–H and O–H groups in total. The fourth-order valence-corrected chi connectivity index (χ4v) is 3.98. The normalized spacial score (nSPS) is 26.6. The summed E-state index contributed by atoms with van der Waals surface area (Å²) in [6.07, 6.45) is 3.32. The molecular weight excluding hydrogens is 324 g/mol. The van der Waals surface area contributed by atoms with E-state index in [1.54, 1.807) is 0 Å². The van der Waals surface area contributed by atoms with Gasteiger partial charge < -0.3 is 15.4 Å². The van der Waals surface area contributed by atoms with Crippen molar-refractivity contribution >= 4 is 18.3 Å². The molecule has 1 amide bonds. The molecule has 0 spiro atoms. The number of hydrogen-bond donors (Lipinski definition) is 1. The van der Waals surface area contributed by atoms with Crippen molar-refractivity contribution in [1.29, 1.82) is 0 Å². The Balaban J connectivity index is 0.00000208. The summed E-state index contributed by atoms with van der Waals surface area (Å²) in [5.74, 6) is 2.45. The molecule has 1 saturated heterocycles. The predicted octanol–water partition coefficient (Wildman–Crippen LogP) is 3.20. The molecule has 1 saturated carbocycles. The number of halogens is 1. The van der Waals surface area contributed by atoms with Crippen LogP contribution in [0, 0.1) is 11.8 Å². The summed E-state index contributed by atoms with van der Waals surface area (Å²) < 4.78 is 5.86. The monoisotopic (exact) mass is 352 g/mol. The highest BCUT2D eigenvalue weighted by atomic mass is 35.5. The zero-order chi connectivity index (χ0) is 16.4. The first-order valence-electron chi connectivity index (χ1n) is 8.85. The van der Waals surface area contributed by atoms with Crippen LogP contribution in [-0.4, -0.2) is 36.5 Å². The first kappa shape index (κ1) is 19.1. The van der Waals surface area contributed by atoms with Crippen LogP contribution in [0.25, 0.3) is 0 Å². The molecule has 1 aliphatic heterocycles. The molecular formula is C19H29ClN2O2. The molecule has 0 bridgehead atoms. The van der Waals surface area contributed by atoms with Gasteiger partial charge in [-0.3, -0.25) is 4.79 Å². The Morgan fingerprint density at radius 2 is 2.08 bits per heavy atom. The Morgan fingerprint density at radius 3 is 2.79 bits per heavy atom. The lowest BCUT2D eigenvalue weighted by atomic mass is 9.98. The number of amides is 1. The molecule has 4 atom stereocenters. The number of nitrogens with zero attached hydrogens (tertiary/aromatic N) is 1. The number of ether oxygens (including phenoxy) is 1. The molecule has 4 unspecified atom stereocenters. The van der Waals surface area contributed by atoms with Crippen LogP contribution in [0.3, 0.4) is 0 Å². The smallest absolute Gasteiger partial charge is 0.260 e. The lowest BCUT2D eigenvalue weighted by Crippen LogP contribution is -2.36. The summed E-state index contributed by atoms with van der Waals surface area (Å²) >= 11 is 0. The van der Waals surface area contributed by atoms with E-state index in [4.69, 9.17) is 10.5 Å². The lowest BCUT2D eigenvalue weighted by molar-refractivity contribution is -0.132. The largest absolute Gasteiger partial charge is 0.483 e. The maximum atomic E-state index is 12.5. The third-order valence-electron chi connectivity index (χ3n) is 5.68. The highest BCUT2D eigenvalue weighted by Crippen LogP contribution is 2.37. The maximum Gasteiger partial charge on any atom is 0.260 e. The van der Waals surface area contributed by atoms with E-state index in [0.717, 1.165) is 38.1 Å². The Morgan fingerprint density at radius 1 is 1.33 bits per heavy atom. The van der Waals surface area contributed by atoms with Gasteiger partial charge in [-0.05, 0) is 48.6 Å². The molecule has 1 aliphatic carbocycles. The SMILES string of the molecule is CCC(C)c1ccccc1OCC(=O)N1CC2CCC(N)C2C1.Cl. The second-order valence-corrected chi connectivity index (χ2v) is 7.10. The minimum Gasteiger partial charge on any atom is -0.483 e. The van der Waals surface area contributed by atoms with Crippen LogP contribution >= 0.6 is 12.4 Å². The highest BCUT2D eigenvalue weighted by molar-refractivity contribution is 5.85. The van der Waals surface area contributed by atoms with Crippen LogP contribution in [0.2, 0.25) is 0 Å². The molecule has 3 rings (SSSR count). The van der Waals surface area contributed by atoms with E-state index in [0.29, 0.717) is 17.8 Å². The molecule has 24 heavy (non-hydrogen) atoms. The van der Waals surface area contributed by atoms with Crippen LogP contribution < -0.4 is 10.5 Å². The third-order valence-corrected chi connectivity index (χ3v) is 5.68. The summed E-state index contributed by atoms with van der Waals surface area (Å²) in [4.78, 5) is 14.4. The van der Waals surface area contributed by atoms with Crippen molar-refractivity contribution in [2.45, 2.75) is 45.1 Å². The van der Waals surface area contributed by atoms with Crippen molar-refractivity contribution in [3.8, 4) is 5.75 Å². The Labute approximate surface area is 151 Å². The van der Waals surface area contributed by atoms with Gasteiger partial charge >= 0.3 is 0 Å². The molecule has 2 aliphatic rings. The van der Waals surface area contributed by atoms with E-state index in [2.05, 4.69) is 19.9 Å². The lowest BCUT2D eigenvalue weighted by Gasteiger charge is -2.20. The van der Waals surface area contributed by atoms with Gasteiger partial charge in [0.25, 0.3) is 5.91 Å². The van der Waals surface area contributed by atoms with Crippen molar-refractivity contribution in [2.24, 2.45) is 17.6 Å². The van der Waals surface area contributed by atoms with Crippen molar-refractivity contribution in [3.63, 3.8) is 0 Å². The van der Waals surface area contributed by atoms with Gasteiger partial charge in [-0.15, -0.1) is 12.4 Å². The van der Waals surface area contributed by atoms with E-state index in [9.17, 15) is 4.79 Å². The van der Waals surface area contributed by atoms with Gasteiger partial charge in [-0.1, -0.05) is 32.0 Å². The van der Waals surface area contributed by atoms with E-state index in [1.165, 1.54) is 5.56 Å². The second kappa shape index (κ2) is 8.21. The number of carbonyl (C=O) groups excluding carboxylic acids is 1. The molecule has 0 radical (unpaired) electrons.